The Morgan fingerprint density at radius 2 is 2.53 bits per heavy atom. The van der Waals surface area contributed by atoms with E-state index in [2.05, 4.69) is 5.10 Å². The van der Waals surface area contributed by atoms with Crippen LogP contribution >= 0.6 is 11.8 Å². The van der Waals surface area contributed by atoms with Gasteiger partial charge in [-0.25, -0.2) is 0 Å². The van der Waals surface area contributed by atoms with E-state index in [1.165, 1.54) is 0 Å². The van der Waals surface area contributed by atoms with Gasteiger partial charge in [0.15, 0.2) is 0 Å². The van der Waals surface area contributed by atoms with Gasteiger partial charge in [-0.3, -0.25) is 9.48 Å². The predicted octanol–water partition coefficient (Wildman–Crippen LogP) is 0.108. The molecule has 6 heteroatoms. The molecule has 1 unspecified atom stereocenters. The molecule has 84 valence electrons. The molecule has 0 saturated carbocycles. The monoisotopic (exact) mass is 229 g/mol. The van der Waals surface area contributed by atoms with Crippen LogP contribution in [0.1, 0.15) is 5.56 Å². The van der Waals surface area contributed by atoms with Crippen LogP contribution in [0, 0.1) is 0 Å². The van der Waals surface area contributed by atoms with E-state index in [0.29, 0.717) is 5.75 Å². The number of carboxylic acids is 1. The predicted molar refractivity (Wildman–Crippen MR) is 59.8 cm³/mol. The first-order valence-electron chi connectivity index (χ1n) is 4.63. The standard InChI is InChI=1S/C9H15N3O2S/c1-12-5-7(4-11-12)2-3-15-6-8(10)9(13)14/h4-5,8H,2-3,6,10H2,1H3,(H,13,14). The number of aromatic nitrogens is 2. The van der Waals surface area contributed by atoms with Crippen LogP contribution in [0.25, 0.3) is 0 Å². The van der Waals surface area contributed by atoms with E-state index in [4.69, 9.17) is 10.8 Å². The van der Waals surface area contributed by atoms with Gasteiger partial charge in [-0.2, -0.15) is 16.9 Å². The summed E-state index contributed by atoms with van der Waals surface area (Å²) in [5, 5.41) is 12.6. The molecule has 0 spiro atoms. The van der Waals surface area contributed by atoms with Crippen LogP contribution in [0.5, 0.6) is 0 Å². The van der Waals surface area contributed by atoms with Crippen molar-refractivity contribution < 1.29 is 9.90 Å². The molecule has 1 aromatic heterocycles. The molecular formula is C9H15N3O2S. The Balaban J connectivity index is 2.14. The van der Waals surface area contributed by atoms with E-state index in [9.17, 15) is 4.79 Å². The van der Waals surface area contributed by atoms with Crippen molar-refractivity contribution in [2.45, 2.75) is 12.5 Å². The summed E-state index contributed by atoms with van der Waals surface area (Å²) in [4.78, 5) is 10.4. The second kappa shape index (κ2) is 5.77. The zero-order valence-electron chi connectivity index (χ0n) is 8.59. The average Bonchev–Trinajstić information content (AvgIpc) is 2.58. The van der Waals surface area contributed by atoms with Gasteiger partial charge in [-0.1, -0.05) is 0 Å². The highest BCUT2D eigenvalue weighted by Crippen LogP contribution is 2.07. The van der Waals surface area contributed by atoms with Gasteiger partial charge in [-0.05, 0) is 17.7 Å². The number of thioether (sulfide) groups is 1. The number of carboxylic acid groups (broad SMARTS) is 1. The Labute approximate surface area is 92.6 Å². The number of carbonyl (C=O) groups is 1. The normalized spacial score (nSPS) is 12.7. The highest BCUT2D eigenvalue weighted by molar-refractivity contribution is 7.99. The van der Waals surface area contributed by atoms with E-state index >= 15 is 0 Å². The Morgan fingerprint density at radius 3 is 3.07 bits per heavy atom. The van der Waals surface area contributed by atoms with Crippen molar-refractivity contribution in [3.05, 3.63) is 18.0 Å². The first-order valence-corrected chi connectivity index (χ1v) is 5.78. The number of nitrogens with two attached hydrogens (primary N) is 1. The summed E-state index contributed by atoms with van der Waals surface area (Å²) in [5.74, 6) is 0.381. The van der Waals surface area contributed by atoms with Crippen LogP contribution in [-0.2, 0) is 18.3 Å². The van der Waals surface area contributed by atoms with Crippen molar-refractivity contribution in [3.63, 3.8) is 0 Å². The molecule has 0 aliphatic heterocycles. The number of aliphatic carboxylic acids is 1. The van der Waals surface area contributed by atoms with E-state index in [1.807, 2.05) is 19.4 Å². The summed E-state index contributed by atoms with van der Waals surface area (Å²) < 4.78 is 1.75. The van der Waals surface area contributed by atoms with Crippen LogP contribution in [0.15, 0.2) is 12.4 Å². The number of hydrogen-bond donors (Lipinski definition) is 2. The lowest BCUT2D eigenvalue weighted by Gasteiger charge is -2.04. The molecule has 0 aliphatic carbocycles. The van der Waals surface area contributed by atoms with Crippen molar-refractivity contribution >= 4 is 17.7 Å². The fraction of sp³-hybridized carbons (Fsp3) is 0.556. The van der Waals surface area contributed by atoms with Crippen LogP contribution in [-0.4, -0.2) is 38.4 Å². The van der Waals surface area contributed by atoms with Gasteiger partial charge in [0.2, 0.25) is 0 Å². The summed E-state index contributed by atoms with van der Waals surface area (Å²) in [7, 11) is 1.87. The molecule has 0 aromatic carbocycles. The molecule has 1 aromatic rings. The van der Waals surface area contributed by atoms with Crippen LogP contribution < -0.4 is 5.73 Å². The smallest absolute Gasteiger partial charge is 0.321 e. The quantitative estimate of drug-likeness (QED) is 0.677. The van der Waals surface area contributed by atoms with Crippen molar-refractivity contribution in [1.29, 1.82) is 0 Å². The van der Waals surface area contributed by atoms with Crippen LogP contribution in [0.2, 0.25) is 0 Å². The maximum absolute atomic E-state index is 10.4. The molecule has 0 aliphatic rings. The summed E-state index contributed by atoms with van der Waals surface area (Å²) >= 11 is 1.55. The SMILES string of the molecule is Cn1cc(CCSCC(N)C(=O)O)cn1. The fourth-order valence-corrected chi connectivity index (χ4v) is 2.02. The van der Waals surface area contributed by atoms with Gasteiger partial charge in [-0.15, -0.1) is 0 Å². The first kappa shape index (κ1) is 12.1. The Hall–Kier alpha value is -1.01. The van der Waals surface area contributed by atoms with Gasteiger partial charge in [0.25, 0.3) is 0 Å². The zero-order chi connectivity index (χ0) is 11.3. The summed E-state index contributed by atoms with van der Waals surface area (Å²) in [6, 6.07) is -0.760. The zero-order valence-corrected chi connectivity index (χ0v) is 9.41. The molecule has 15 heavy (non-hydrogen) atoms. The molecule has 1 atom stereocenters. The molecule has 3 N–H and O–H groups in total. The minimum absolute atomic E-state index is 0.454. The van der Waals surface area contributed by atoms with Gasteiger partial charge in [0.05, 0.1) is 6.20 Å². The minimum Gasteiger partial charge on any atom is -0.480 e. The summed E-state index contributed by atoms with van der Waals surface area (Å²) in [5.41, 5.74) is 6.52. The Bertz CT molecular complexity index is 327. The maximum Gasteiger partial charge on any atom is 0.321 e. The third kappa shape index (κ3) is 4.35. The Morgan fingerprint density at radius 1 is 1.80 bits per heavy atom. The minimum atomic E-state index is -0.941. The van der Waals surface area contributed by atoms with Crippen molar-refractivity contribution in [1.82, 2.24) is 9.78 Å². The van der Waals surface area contributed by atoms with E-state index in [0.717, 1.165) is 17.7 Å². The molecule has 0 saturated heterocycles. The molecule has 1 heterocycles. The number of aryl methyl sites for hydroxylation is 2. The second-order valence-electron chi connectivity index (χ2n) is 3.29. The lowest BCUT2D eigenvalue weighted by Crippen LogP contribution is -2.32. The van der Waals surface area contributed by atoms with Crippen molar-refractivity contribution in [2.75, 3.05) is 11.5 Å². The highest BCUT2D eigenvalue weighted by atomic mass is 32.2. The molecule has 0 bridgehead atoms. The third-order valence-corrected chi connectivity index (χ3v) is 3.00. The van der Waals surface area contributed by atoms with E-state index < -0.39 is 12.0 Å². The lowest BCUT2D eigenvalue weighted by atomic mass is 10.3. The third-order valence-electron chi connectivity index (χ3n) is 1.91. The molecule has 0 amide bonds. The Kier molecular flexibility index (Phi) is 4.64. The fourth-order valence-electron chi connectivity index (χ4n) is 1.07. The molecule has 0 fully saturated rings. The topological polar surface area (TPSA) is 81.1 Å². The van der Waals surface area contributed by atoms with E-state index in [-0.39, 0.29) is 0 Å². The molecule has 1 rings (SSSR count). The van der Waals surface area contributed by atoms with Gasteiger partial charge in [0, 0.05) is 19.0 Å². The first-order chi connectivity index (χ1) is 7.09. The molecular weight excluding hydrogens is 214 g/mol. The van der Waals surface area contributed by atoms with Crippen LogP contribution in [0.3, 0.4) is 0 Å². The average molecular weight is 229 g/mol. The maximum atomic E-state index is 10.4. The number of nitrogens with zero attached hydrogens (tertiary/aromatic N) is 2. The lowest BCUT2D eigenvalue weighted by molar-refractivity contribution is -0.137. The molecule has 0 radical (unpaired) electrons. The summed E-state index contributed by atoms with van der Waals surface area (Å²) in [6.07, 6.45) is 4.67. The van der Waals surface area contributed by atoms with Crippen LogP contribution in [0.4, 0.5) is 0 Å². The van der Waals surface area contributed by atoms with Gasteiger partial charge < -0.3 is 10.8 Å². The number of hydrogen-bond acceptors (Lipinski definition) is 4. The van der Waals surface area contributed by atoms with Gasteiger partial charge in [0.1, 0.15) is 6.04 Å². The largest absolute Gasteiger partial charge is 0.480 e. The second-order valence-corrected chi connectivity index (χ2v) is 4.44. The van der Waals surface area contributed by atoms with E-state index in [1.54, 1.807) is 16.4 Å². The van der Waals surface area contributed by atoms with Crippen molar-refractivity contribution in [3.8, 4) is 0 Å². The number of rotatable bonds is 6. The highest BCUT2D eigenvalue weighted by Gasteiger charge is 2.10. The molecule has 5 nitrogen and oxygen atoms in total. The van der Waals surface area contributed by atoms with Gasteiger partial charge >= 0.3 is 5.97 Å². The van der Waals surface area contributed by atoms with Crippen molar-refractivity contribution in [2.24, 2.45) is 12.8 Å². The summed E-state index contributed by atoms with van der Waals surface area (Å²) in [6.45, 7) is 0.